The number of imidazole rings is 1. The van der Waals surface area contributed by atoms with Crippen LogP contribution >= 0.6 is 0 Å². The summed E-state index contributed by atoms with van der Waals surface area (Å²) >= 11 is 0. The Hall–Kier alpha value is -3.54. The summed E-state index contributed by atoms with van der Waals surface area (Å²) in [5.74, 6) is -0.497. The minimum Gasteiger partial charge on any atom is -0.496 e. The molecule has 0 saturated heterocycles. The molecule has 0 fully saturated rings. The van der Waals surface area contributed by atoms with Gasteiger partial charge in [0.2, 0.25) is 0 Å². The SMILES string of the molecule is COc1cc(-n2cnc3cc(CC#N)ccc32)cc(OC)c1C(=O)CCC(F)(F)F. The van der Waals surface area contributed by atoms with Crippen LogP contribution in [0.2, 0.25) is 0 Å². The van der Waals surface area contributed by atoms with Crippen molar-refractivity contribution in [2.75, 3.05) is 14.2 Å². The third-order valence-electron chi connectivity index (χ3n) is 4.58. The molecule has 1 heterocycles. The Bertz CT molecular complexity index is 1100. The number of fused-ring (bicyclic) bond motifs is 1. The van der Waals surface area contributed by atoms with Crippen LogP contribution < -0.4 is 9.47 Å². The summed E-state index contributed by atoms with van der Waals surface area (Å²) in [5.41, 5.74) is 2.78. The van der Waals surface area contributed by atoms with Gasteiger partial charge in [-0.05, 0) is 17.7 Å². The second-order valence-electron chi connectivity index (χ2n) is 6.54. The first-order valence-electron chi connectivity index (χ1n) is 8.96. The van der Waals surface area contributed by atoms with Crippen LogP contribution in [0, 0.1) is 11.3 Å². The van der Waals surface area contributed by atoms with Crippen molar-refractivity contribution in [2.45, 2.75) is 25.4 Å². The fourth-order valence-corrected chi connectivity index (χ4v) is 3.16. The van der Waals surface area contributed by atoms with Gasteiger partial charge in [0.15, 0.2) is 5.78 Å². The number of carbonyl (C=O) groups excluding carboxylic acids is 1. The van der Waals surface area contributed by atoms with Crippen LogP contribution in [0.4, 0.5) is 13.2 Å². The molecule has 0 N–H and O–H groups in total. The molecule has 0 atom stereocenters. The van der Waals surface area contributed by atoms with E-state index in [1.807, 2.05) is 12.1 Å². The molecule has 0 amide bonds. The third-order valence-corrected chi connectivity index (χ3v) is 4.58. The molecule has 3 rings (SSSR count). The molecule has 1 aromatic heterocycles. The maximum absolute atomic E-state index is 12.5. The smallest absolute Gasteiger partial charge is 0.389 e. The molecule has 0 radical (unpaired) electrons. The van der Waals surface area contributed by atoms with Crippen molar-refractivity contribution >= 4 is 16.8 Å². The fourth-order valence-electron chi connectivity index (χ4n) is 3.16. The van der Waals surface area contributed by atoms with Crippen LogP contribution in [0.1, 0.15) is 28.8 Å². The molecule has 2 aromatic carbocycles. The van der Waals surface area contributed by atoms with Crippen LogP contribution in [0.25, 0.3) is 16.7 Å². The van der Waals surface area contributed by atoms with Crippen molar-refractivity contribution in [3.8, 4) is 23.3 Å². The van der Waals surface area contributed by atoms with Gasteiger partial charge >= 0.3 is 6.18 Å². The van der Waals surface area contributed by atoms with Gasteiger partial charge in [-0.3, -0.25) is 9.36 Å². The van der Waals surface area contributed by atoms with E-state index in [1.165, 1.54) is 14.2 Å². The predicted octanol–water partition coefficient (Wildman–Crippen LogP) is 4.63. The molecular formula is C21H18F3N3O3. The molecule has 0 spiro atoms. The number of rotatable bonds is 7. The van der Waals surface area contributed by atoms with Crippen molar-refractivity contribution in [1.82, 2.24) is 9.55 Å². The number of alkyl halides is 3. The van der Waals surface area contributed by atoms with Crippen molar-refractivity contribution in [3.63, 3.8) is 0 Å². The van der Waals surface area contributed by atoms with Crippen LogP contribution in [0.5, 0.6) is 11.5 Å². The number of ketones is 1. The normalized spacial score (nSPS) is 11.3. The first-order chi connectivity index (χ1) is 14.3. The van der Waals surface area contributed by atoms with Gasteiger partial charge in [-0.25, -0.2) is 4.98 Å². The van der Waals surface area contributed by atoms with E-state index >= 15 is 0 Å². The maximum atomic E-state index is 12.5. The largest absolute Gasteiger partial charge is 0.496 e. The molecule has 3 aromatic rings. The molecule has 0 aliphatic rings. The van der Waals surface area contributed by atoms with E-state index in [9.17, 15) is 18.0 Å². The van der Waals surface area contributed by atoms with Crippen LogP contribution in [0.15, 0.2) is 36.7 Å². The van der Waals surface area contributed by atoms with Gasteiger partial charge in [-0.2, -0.15) is 18.4 Å². The summed E-state index contributed by atoms with van der Waals surface area (Å²) in [7, 11) is 2.67. The molecule has 9 heteroatoms. The van der Waals surface area contributed by atoms with E-state index in [1.54, 1.807) is 29.1 Å². The van der Waals surface area contributed by atoms with E-state index < -0.39 is 24.8 Å². The summed E-state index contributed by atoms with van der Waals surface area (Å²) < 4.78 is 49.9. The fraction of sp³-hybridized carbons (Fsp3) is 0.286. The molecule has 0 saturated carbocycles. The highest BCUT2D eigenvalue weighted by molar-refractivity contribution is 6.01. The molecular weight excluding hydrogens is 399 g/mol. The van der Waals surface area contributed by atoms with Gasteiger partial charge in [-0.15, -0.1) is 0 Å². The Balaban J connectivity index is 2.04. The van der Waals surface area contributed by atoms with Gasteiger partial charge in [0.05, 0.1) is 49.9 Å². The number of nitriles is 1. The van der Waals surface area contributed by atoms with Crippen LogP contribution in [-0.2, 0) is 6.42 Å². The van der Waals surface area contributed by atoms with Crippen molar-refractivity contribution in [3.05, 3.63) is 47.8 Å². The molecule has 156 valence electrons. The number of methoxy groups -OCH3 is 2. The average molecular weight is 417 g/mol. The maximum Gasteiger partial charge on any atom is 0.389 e. The number of hydrogen-bond donors (Lipinski definition) is 0. The zero-order valence-electron chi connectivity index (χ0n) is 16.3. The van der Waals surface area contributed by atoms with Gasteiger partial charge in [0.25, 0.3) is 0 Å². The quantitative estimate of drug-likeness (QED) is 0.524. The lowest BCUT2D eigenvalue weighted by Crippen LogP contribution is -2.13. The van der Waals surface area contributed by atoms with Crippen molar-refractivity contribution < 1.29 is 27.4 Å². The van der Waals surface area contributed by atoms with E-state index in [0.29, 0.717) is 11.2 Å². The highest BCUT2D eigenvalue weighted by Gasteiger charge is 2.30. The van der Waals surface area contributed by atoms with E-state index in [0.717, 1.165) is 11.1 Å². The van der Waals surface area contributed by atoms with Crippen LogP contribution in [-0.4, -0.2) is 35.7 Å². The summed E-state index contributed by atoms with van der Waals surface area (Å²) in [5, 5.41) is 8.85. The first kappa shape index (κ1) is 21.2. The van der Waals surface area contributed by atoms with E-state index in [2.05, 4.69) is 11.1 Å². The number of halogens is 3. The lowest BCUT2D eigenvalue weighted by Gasteiger charge is -2.16. The van der Waals surface area contributed by atoms with Crippen molar-refractivity contribution in [2.24, 2.45) is 0 Å². The molecule has 0 unspecified atom stereocenters. The number of carbonyl (C=O) groups is 1. The van der Waals surface area contributed by atoms with Gasteiger partial charge in [0.1, 0.15) is 23.4 Å². The number of ether oxygens (including phenoxy) is 2. The average Bonchev–Trinajstić information content (AvgIpc) is 3.14. The second kappa shape index (κ2) is 8.45. The van der Waals surface area contributed by atoms with Crippen molar-refractivity contribution in [1.29, 1.82) is 5.26 Å². The minimum atomic E-state index is -4.43. The monoisotopic (exact) mass is 417 g/mol. The highest BCUT2D eigenvalue weighted by Crippen LogP contribution is 2.35. The Kier molecular flexibility index (Phi) is 5.96. The van der Waals surface area contributed by atoms with Gasteiger partial charge in [-0.1, -0.05) is 6.07 Å². The molecule has 30 heavy (non-hydrogen) atoms. The number of hydrogen-bond acceptors (Lipinski definition) is 5. The number of aromatic nitrogens is 2. The standard InChI is InChI=1S/C21H18F3N3O3/c1-29-18-10-14(11-19(30-2)20(18)17(28)5-7-21(22,23)24)27-12-26-15-9-13(6-8-25)3-4-16(15)27/h3-4,9-12H,5-7H2,1-2H3. The summed E-state index contributed by atoms with van der Waals surface area (Å²) in [6.45, 7) is 0. The first-order valence-corrected chi connectivity index (χ1v) is 8.96. The minimum absolute atomic E-state index is 0.0336. The van der Waals surface area contributed by atoms with E-state index in [-0.39, 0.29) is 23.5 Å². The number of nitrogens with zero attached hydrogens (tertiary/aromatic N) is 3. The highest BCUT2D eigenvalue weighted by atomic mass is 19.4. The summed E-state index contributed by atoms with van der Waals surface area (Å²) in [6.07, 6.45) is -4.53. The zero-order chi connectivity index (χ0) is 21.9. The topological polar surface area (TPSA) is 77.1 Å². The Labute approximate surface area is 170 Å². The lowest BCUT2D eigenvalue weighted by atomic mass is 10.0. The molecule has 0 bridgehead atoms. The predicted molar refractivity (Wildman–Crippen MR) is 103 cm³/mol. The number of benzene rings is 2. The second-order valence-corrected chi connectivity index (χ2v) is 6.54. The van der Waals surface area contributed by atoms with Gasteiger partial charge in [0, 0.05) is 18.6 Å². The Morgan fingerprint density at radius 2 is 1.83 bits per heavy atom. The van der Waals surface area contributed by atoms with Gasteiger partial charge < -0.3 is 9.47 Å². The zero-order valence-corrected chi connectivity index (χ0v) is 16.3. The molecule has 6 nitrogen and oxygen atoms in total. The molecule has 0 aliphatic heterocycles. The Morgan fingerprint density at radius 1 is 1.17 bits per heavy atom. The van der Waals surface area contributed by atoms with Crippen LogP contribution in [0.3, 0.4) is 0 Å². The summed E-state index contributed by atoms with van der Waals surface area (Å²) in [6, 6.07) is 10.6. The summed E-state index contributed by atoms with van der Waals surface area (Å²) in [4.78, 5) is 16.8. The Morgan fingerprint density at radius 3 is 2.40 bits per heavy atom. The third kappa shape index (κ3) is 4.38. The lowest BCUT2D eigenvalue weighted by molar-refractivity contribution is -0.133. The number of Topliss-reactive ketones (excluding diaryl/α,β-unsaturated/α-hetero) is 1. The van der Waals surface area contributed by atoms with E-state index in [4.69, 9.17) is 14.7 Å². The molecule has 0 aliphatic carbocycles.